The van der Waals surface area contributed by atoms with Crippen LogP contribution in [0.5, 0.6) is 0 Å². The summed E-state index contributed by atoms with van der Waals surface area (Å²) in [6.07, 6.45) is 4.96. The molecule has 0 heterocycles. The van der Waals surface area contributed by atoms with E-state index in [4.69, 9.17) is 0 Å². The molecular weight excluding hydrogens is 164 g/mol. The van der Waals surface area contributed by atoms with Crippen molar-refractivity contribution in [3.05, 3.63) is 12.2 Å². The van der Waals surface area contributed by atoms with Crippen LogP contribution in [0.1, 0.15) is 13.3 Å². The van der Waals surface area contributed by atoms with Gasteiger partial charge >= 0.3 is 0 Å². The van der Waals surface area contributed by atoms with Gasteiger partial charge in [0.15, 0.2) is 0 Å². The molecule has 0 aromatic carbocycles. The Morgan fingerprint density at radius 2 is 2.00 bits per heavy atom. The first-order chi connectivity index (χ1) is 5.43. The molecule has 0 saturated carbocycles. The first-order valence-electron chi connectivity index (χ1n) is 4.62. The number of ketones is 1. The zero-order valence-corrected chi connectivity index (χ0v) is 9.42. The quantitative estimate of drug-likeness (QED) is 0.450. The Balaban J connectivity index is 2.84. The normalized spacial score (nSPS) is 30.8. The van der Waals surface area contributed by atoms with Gasteiger partial charge in [-0.1, -0.05) is 38.7 Å². The fraction of sp³-hybridized carbons (Fsp3) is 0.700. The average Bonchev–Trinajstić information content (AvgIpc) is 1.92. The summed E-state index contributed by atoms with van der Waals surface area (Å²) in [5.41, 5.74) is 0.554. The third-order valence-electron chi connectivity index (χ3n) is 2.71. The SMILES string of the molecule is C[C@@H]1C(=O)CC=C[C@H]1[Si](C)(C)C. The van der Waals surface area contributed by atoms with Crippen molar-refractivity contribution in [1.82, 2.24) is 0 Å². The molecule has 0 saturated heterocycles. The fourth-order valence-electron chi connectivity index (χ4n) is 1.92. The van der Waals surface area contributed by atoms with Gasteiger partial charge in [0.2, 0.25) is 0 Å². The lowest BCUT2D eigenvalue weighted by molar-refractivity contribution is -0.121. The summed E-state index contributed by atoms with van der Waals surface area (Å²) in [5, 5.41) is 0. The van der Waals surface area contributed by atoms with Gasteiger partial charge in [-0.25, -0.2) is 0 Å². The van der Waals surface area contributed by atoms with Crippen molar-refractivity contribution in [1.29, 1.82) is 0 Å². The minimum absolute atomic E-state index is 0.265. The maximum atomic E-state index is 11.4. The van der Waals surface area contributed by atoms with E-state index in [0.717, 1.165) is 0 Å². The molecule has 0 aliphatic heterocycles. The van der Waals surface area contributed by atoms with Crippen molar-refractivity contribution < 1.29 is 4.79 Å². The molecule has 0 fully saturated rings. The molecule has 1 aliphatic carbocycles. The van der Waals surface area contributed by atoms with E-state index in [1.54, 1.807) is 0 Å². The minimum Gasteiger partial charge on any atom is -0.299 e. The van der Waals surface area contributed by atoms with Gasteiger partial charge in [0.05, 0.1) is 8.07 Å². The van der Waals surface area contributed by atoms with Crippen LogP contribution in [0.4, 0.5) is 0 Å². The van der Waals surface area contributed by atoms with Crippen LogP contribution >= 0.6 is 0 Å². The Morgan fingerprint density at radius 1 is 1.42 bits per heavy atom. The molecule has 1 aliphatic rings. The number of hydrogen-bond donors (Lipinski definition) is 0. The van der Waals surface area contributed by atoms with Crippen LogP contribution < -0.4 is 0 Å². The van der Waals surface area contributed by atoms with E-state index in [9.17, 15) is 4.79 Å². The highest BCUT2D eigenvalue weighted by molar-refractivity contribution is 6.78. The number of carbonyl (C=O) groups excluding carboxylic acids is 1. The predicted octanol–water partition coefficient (Wildman–Crippen LogP) is 2.86. The third-order valence-corrected chi connectivity index (χ3v) is 5.40. The summed E-state index contributed by atoms with van der Waals surface area (Å²) in [4.78, 5) is 11.4. The van der Waals surface area contributed by atoms with Crippen LogP contribution in [-0.2, 0) is 4.79 Å². The van der Waals surface area contributed by atoms with Crippen molar-refractivity contribution in [3.8, 4) is 0 Å². The summed E-state index contributed by atoms with van der Waals surface area (Å²) in [7, 11) is -1.17. The number of rotatable bonds is 1. The van der Waals surface area contributed by atoms with Gasteiger partial charge in [-0.3, -0.25) is 4.79 Å². The molecule has 0 aromatic rings. The monoisotopic (exact) mass is 182 g/mol. The van der Waals surface area contributed by atoms with Gasteiger partial charge in [-0.2, -0.15) is 0 Å². The van der Waals surface area contributed by atoms with Crippen LogP contribution in [0.15, 0.2) is 12.2 Å². The van der Waals surface area contributed by atoms with Crippen LogP contribution in [-0.4, -0.2) is 13.9 Å². The van der Waals surface area contributed by atoms with E-state index in [2.05, 4.69) is 32.6 Å². The van der Waals surface area contributed by atoms with E-state index >= 15 is 0 Å². The van der Waals surface area contributed by atoms with E-state index in [1.165, 1.54) is 0 Å². The van der Waals surface area contributed by atoms with Gasteiger partial charge in [0, 0.05) is 12.3 Å². The number of carbonyl (C=O) groups is 1. The zero-order valence-electron chi connectivity index (χ0n) is 8.42. The number of Topliss-reactive ketones (excluding diaryl/α,β-unsaturated/α-hetero) is 1. The molecule has 0 N–H and O–H groups in total. The van der Waals surface area contributed by atoms with Crippen LogP contribution in [0.25, 0.3) is 0 Å². The molecule has 0 unspecified atom stereocenters. The molecule has 2 atom stereocenters. The van der Waals surface area contributed by atoms with E-state index < -0.39 is 8.07 Å². The largest absolute Gasteiger partial charge is 0.299 e. The van der Waals surface area contributed by atoms with Gasteiger partial charge in [0.25, 0.3) is 0 Å². The lowest BCUT2D eigenvalue weighted by Crippen LogP contribution is -2.35. The molecule has 0 radical (unpaired) electrons. The van der Waals surface area contributed by atoms with Gasteiger partial charge < -0.3 is 0 Å². The predicted molar refractivity (Wildman–Crippen MR) is 55.0 cm³/mol. The Kier molecular flexibility index (Phi) is 2.57. The fourth-order valence-corrected chi connectivity index (χ4v) is 4.32. The summed E-state index contributed by atoms with van der Waals surface area (Å²) < 4.78 is 0. The standard InChI is InChI=1S/C10H18OSi/c1-8-9(11)6-5-7-10(8)12(2,3)4/h5,7-8,10H,6H2,1-4H3/t8-,10-/m1/s1. The van der Waals surface area contributed by atoms with Crippen molar-refractivity contribution in [2.45, 2.75) is 38.5 Å². The summed E-state index contributed by atoms with van der Waals surface area (Å²) in [6.45, 7) is 9.07. The van der Waals surface area contributed by atoms with Crippen molar-refractivity contribution >= 4 is 13.9 Å². The summed E-state index contributed by atoms with van der Waals surface area (Å²) in [6, 6.07) is 0. The highest BCUT2D eigenvalue weighted by atomic mass is 28.3. The van der Waals surface area contributed by atoms with Crippen molar-refractivity contribution in [3.63, 3.8) is 0 Å². The molecule has 1 rings (SSSR count). The van der Waals surface area contributed by atoms with Gasteiger partial charge in [-0.15, -0.1) is 0 Å². The Labute approximate surface area is 75.9 Å². The van der Waals surface area contributed by atoms with E-state index in [-0.39, 0.29) is 5.92 Å². The van der Waals surface area contributed by atoms with Gasteiger partial charge in [-0.05, 0) is 5.54 Å². The van der Waals surface area contributed by atoms with Crippen LogP contribution in [0.3, 0.4) is 0 Å². The summed E-state index contributed by atoms with van der Waals surface area (Å²) in [5.74, 6) is 0.687. The third kappa shape index (κ3) is 1.86. The second-order valence-corrected chi connectivity index (χ2v) is 10.2. The van der Waals surface area contributed by atoms with Crippen LogP contribution in [0.2, 0.25) is 25.2 Å². The highest BCUT2D eigenvalue weighted by Gasteiger charge is 2.34. The molecule has 2 heteroatoms. The maximum absolute atomic E-state index is 11.4. The maximum Gasteiger partial charge on any atom is 0.139 e. The molecule has 1 nitrogen and oxygen atoms in total. The highest BCUT2D eigenvalue weighted by Crippen LogP contribution is 2.35. The van der Waals surface area contributed by atoms with Crippen LogP contribution in [0, 0.1) is 5.92 Å². The molecule has 0 bridgehead atoms. The minimum atomic E-state index is -1.17. The van der Waals surface area contributed by atoms with Crippen molar-refractivity contribution in [2.75, 3.05) is 0 Å². The number of hydrogen-bond acceptors (Lipinski definition) is 1. The second kappa shape index (κ2) is 3.17. The van der Waals surface area contributed by atoms with Crippen molar-refractivity contribution in [2.24, 2.45) is 5.92 Å². The topological polar surface area (TPSA) is 17.1 Å². The number of allylic oxidation sites excluding steroid dienone is 2. The van der Waals surface area contributed by atoms with Gasteiger partial charge in [0.1, 0.15) is 5.78 Å². The molecule has 0 amide bonds. The molecule has 0 spiro atoms. The lowest BCUT2D eigenvalue weighted by Gasteiger charge is -2.32. The molecule has 0 aromatic heterocycles. The van der Waals surface area contributed by atoms with E-state index in [0.29, 0.717) is 17.7 Å². The Morgan fingerprint density at radius 3 is 2.42 bits per heavy atom. The average molecular weight is 182 g/mol. The smallest absolute Gasteiger partial charge is 0.139 e. The first kappa shape index (κ1) is 9.71. The summed E-state index contributed by atoms with van der Waals surface area (Å²) >= 11 is 0. The molecular formula is C10H18OSi. The first-order valence-corrected chi connectivity index (χ1v) is 8.20. The van der Waals surface area contributed by atoms with E-state index in [1.807, 2.05) is 6.08 Å². The lowest BCUT2D eigenvalue weighted by atomic mass is 9.94. The molecule has 12 heavy (non-hydrogen) atoms. The zero-order chi connectivity index (χ0) is 9.35. The molecule has 68 valence electrons. The second-order valence-electron chi connectivity index (χ2n) is 4.78. The Bertz CT molecular complexity index is 212. The Hall–Kier alpha value is -0.373.